The van der Waals surface area contributed by atoms with E-state index in [0.717, 1.165) is 11.0 Å². The Bertz CT molecular complexity index is 754. The van der Waals surface area contributed by atoms with Crippen molar-refractivity contribution in [3.05, 3.63) is 40.3 Å². The van der Waals surface area contributed by atoms with Crippen LogP contribution in [0.5, 0.6) is 0 Å². The van der Waals surface area contributed by atoms with Crippen LogP contribution in [0.15, 0.2) is 29.1 Å². The number of fused-ring (bicyclic) bond motifs is 3. The summed E-state index contributed by atoms with van der Waals surface area (Å²) in [5, 5.41) is 7.91. The van der Waals surface area contributed by atoms with Crippen molar-refractivity contribution >= 4 is 16.8 Å². The molecule has 0 N–H and O–H groups in total. The molecule has 0 aliphatic heterocycles. The van der Waals surface area contributed by atoms with Crippen molar-refractivity contribution in [3.8, 4) is 0 Å². The lowest BCUT2D eigenvalue weighted by Gasteiger charge is -1.95. The molecule has 2 aromatic heterocycles. The first-order valence-corrected chi connectivity index (χ1v) is 4.99. The van der Waals surface area contributed by atoms with Gasteiger partial charge in [0.05, 0.1) is 11.0 Å². The maximum absolute atomic E-state index is 12.0. The van der Waals surface area contributed by atoms with Gasteiger partial charge in [-0.05, 0) is 19.1 Å². The molecule has 0 unspecified atom stereocenters. The second-order valence-corrected chi connectivity index (χ2v) is 3.77. The van der Waals surface area contributed by atoms with Gasteiger partial charge in [0.15, 0.2) is 0 Å². The molecule has 2 heterocycles. The molecule has 0 atom stereocenters. The topological polar surface area (TPSA) is 52.2 Å². The third-order valence-electron chi connectivity index (χ3n) is 2.79. The van der Waals surface area contributed by atoms with Gasteiger partial charge in [0.2, 0.25) is 5.78 Å². The number of para-hydroxylation sites is 2. The summed E-state index contributed by atoms with van der Waals surface area (Å²) in [4.78, 5) is 12.0. The average Bonchev–Trinajstić information content (AvgIpc) is 2.59. The molecule has 3 rings (SSSR count). The fraction of sp³-hybridized carbons (Fsp3) is 0.182. The van der Waals surface area contributed by atoms with Crippen molar-refractivity contribution < 1.29 is 0 Å². The van der Waals surface area contributed by atoms with E-state index in [9.17, 15) is 4.79 Å². The highest BCUT2D eigenvalue weighted by Crippen LogP contribution is 2.15. The normalized spacial score (nSPS) is 11.4. The highest BCUT2D eigenvalue weighted by molar-refractivity contribution is 5.80. The zero-order valence-electron chi connectivity index (χ0n) is 9.01. The van der Waals surface area contributed by atoms with E-state index in [2.05, 4.69) is 10.2 Å². The Balaban J connectivity index is 2.74. The van der Waals surface area contributed by atoms with Crippen molar-refractivity contribution in [1.29, 1.82) is 0 Å². The van der Waals surface area contributed by atoms with Crippen LogP contribution in [0.25, 0.3) is 16.8 Å². The minimum Gasteiger partial charge on any atom is -0.311 e. The Morgan fingerprint density at radius 2 is 1.81 bits per heavy atom. The lowest BCUT2D eigenvalue weighted by Crippen LogP contribution is -2.19. The lowest BCUT2D eigenvalue weighted by atomic mass is 10.3. The smallest absolute Gasteiger partial charge is 0.281 e. The van der Waals surface area contributed by atoms with E-state index in [1.54, 1.807) is 11.3 Å². The van der Waals surface area contributed by atoms with Gasteiger partial charge >= 0.3 is 0 Å². The predicted molar refractivity (Wildman–Crippen MR) is 60.5 cm³/mol. The van der Waals surface area contributed by atoms with E-state index >= 15 is 0 Å². The number of aryl methyl sites for hydroxylation is 2. The summed E-state index contributed by atoms with van der Waals surface area (Å²) in [7, 11) is 1.88. The molecule has 0 bridgehead atoms. The summed E-state index contributed by atoms with van der Waals surface area (Å²) < 4.78 is 3.46. The lowest BCUT2D eigenvalue weighted by molar-refractivity contribution is 0.851. The van der Waals surface area contributed by atoms with E-state index in [4.69, 9.17) is 0 Å². The van der Waals surface area contributed by atoms with Gasteiger partial charge in [0.1, 0.15) is 5.69 Å². The second kappa shape index (κ2) is 2.91. The van der Waals surface area contributed by atoms with Gasteiger partial charge in [-0.3, -0.25) is 4.79 Å². The number of nitrogens with zero attached hydrogens (tertiary/aromatic N) is 4. The Morgan fingerprint density at radius 3 is 2.56 bits per heavy atom. The number of imidazole rings is 1. The summed E-state index contributed by atoms with van der Waals surface area (Å²) in [6.45, 7) is 1.67. The van der Waals surface area contributed by atoms with Crippen LogP contribution in [0.4, 0.5) is 0 Å². The molecule has 0 spiro atoms. The van der Waals surface area contributed by atoms with Gasteiger partial charge in [0.25, 0.3) is 5.56 Å². The maximum atomic E-state index is 12.0. The van der Waals surface area contributed by atoms with Gasteiger partial charge in [-0.15, -0.1) is 10.2 Å². The zero-order chi connectivity index (χ0) is 11.3. The molecule has 16 heavy (non-hydrogen) atoms. The molecule has 3 aromatic rings. The summed E-state index contributed by atoms with van der Waals surface area (Å²) in [5.41, 5.74) is 2.14. The fourth-order valence-corrected chi connectivity index (χ4v) is 1.94. The van der Waals surface area contributed by atoms with E-state index in [1.807, 2.05) is 35.9 Å². The van der Waals surface area contributed by atoms with Crippen molar-refractivity contribution in [1.82, 2.24) is 19.2 Å². The number of rotatable bonds is 0. The van der Waals surface area contributed by atoms with Crippen LogP contribution in [0.3, 0.4) is 0 Å². The standard InChI is InChI=1S/C11H10N4O/c1-7-10(16)15-9-6-4-3-5-8(9)14(2)11(15)13-12-7/h3-6H,1-2H3. The van der Waals surface area contributed by atoms with Crippen LogP contribution in [0.2, 0.25) is 0 Å². The average molecular weight is 214 g/mol. The number of hydrogen-bond acceptors (Lipinski definition) is 3. The maximum Gasteiger partial charge on any atom is 0.281 e. The first-order chi connectivity index (χ1) is 7.70. The highest BCUT2D eigenvalue weighted by Gasteiger charge is 2.11. The molecule has 5 nitrogen and oxygen atoms in total. The Kier molecular flexibility index (Phi) is 1.65. The molecular weight excluding hydrogens is 204 g/mol. The number of benzene rings is 1. The summed E-state index contributed by atoms with van der Waals surface area (Å²) in [5.74, 6) is 0.566. The van der Waals surface area contributed by atoms with Crippen LogP contribution in [0, 0.1) is 6.92 Å². The minimum atomic E-state index is -0.109. The minimum absolute atomic E-state index is 0.109. The number of aromatic nitrogens is 4. The molecule has 0 amide bonds. The summed E-state index contributed by atoms with van der Waals surface area (Å²) >= 11 is 0. The first kappa shape index (κ1) is 9.08. The molecule has 0 radical (unpaired) electrons. The van der Waals surface area contributed by atoms with E-state index in [1.165, 1.54) is 0 Å². The SMILES string of the molecule is Cc1nnc2n(C)c3ccccc3n2c1=O. The van der Waals surface area contributed by atoms with Gasteiger partial charge < -0.3 is 4.57 Å². The van der Waals surface area contributed by atoms with Crippen molar-refractivity contribution in [3.63, 3.8) is 0 Å². The van der Waals surface area contributed by atoms with E-state index in [0.29, 0.717) is 11.5 Å². The summed E-state index contributed by atoms with van der Waals surface area (Å²) in [6.07, 6.45) is 0. The molecule has 1 aromatic carbocycles. The third kappa shape index (κ3) is 0.970. The van der Waals surface area contributed by atoms with Gasteiger partial charge in [-0.2, -0.15) is 0 Å². The van der Waals surface area contributed by atoms with Crippen molar-refractivity contribution in [2.24, 2.45) is 7.05 Å². The molecule has 0 saturated heterocycles. The number of hydrogen-bond donors (Lipinski definition) is 0. The van der Waals surface area contributed by atoms with E-state index in [-0.39, 0.29) is 5.56 Å². The molecular formula is C11H10N4O. The largest absolute Gasteiger partial charge is 0.311 e. The zero-order valence-corrected chi connectivity index (χ0v) is 9.01. The first-order valence-electron chi connectivity index (χ1n) is 4.99. The van der Waals surface area contributed by atoms with Crippen LogP contribution in [0.1, 0.15) is 5.69 Å². The monoisotopic (exact) mass is 214 g/mol. The molecule has 0 aliphatic carbocycles. The van der Waals surface area contributed by atoms with Crippen LogP contribution >= 0.6 is 0 Å². The predicted octanol–water partition coefficient (Wildman–Crippen LogP) is 0.890. The Hall–Kier alpha value is -2.17. The second-order valence-electron chi connectivity index (χ2n) is 3.77. The molecule has 0 saturated carbocycles. The van der Waals surface area contributed by atoms with Gasteiger partial charge in [-0.25, -0.2) is 4.40 Å². The van der Waals surface area contributed by atoms with Crippen LogP contribution in [-0.4, -0.2) is 19.2 Å². The van der Waals surface area contributed by atoms with Crippen LogP contribution < -0.4 is 5.56 Å². The van der Waals surface area contributed by atoms with Gasteiger partial charge in [0, 0.05) is 7.05 Å². The van der Waals surface area contributed by atoms with Crippen molar-refractivity contribution in [2.45, 2.75) is 6.92 Å². The molecule has 0 fully saturated rings. The Morgan fingerprint density at radius 1 is 1.12 bits per heavy atom. The summed E-state index contributed by atoms with van der Waals surface area (Å²) in [6, 6.07) is 7.71. The quantitative estimate of drug-likeness (QED) is 0.558. The highest BCUT2D eigenvalue weighted by atomic mass is 16.1. The van der Waals surface area contributed by atoms with Crippen LogP contribution in [-0.2, 0) is 7.05 Å². The molecule has 5 heteroatoms. The molecule has 0 aliphatic rings. The van der Waals surface area contributed by atoms with Crippen molar-refractivity contribution in [2.75, 3.05) is 0 Å². The van der Waals surface area contributed by atoms with E-state index < -0.39 is 0 Å². The molecule has 80 valence electrons. The third-order valence-corrected chi connectivity index (χ3v) is 2.79. The van der Waals surface area contributed by atoms with Gasteiger partial charge in [-0.1, -0.05) is 12.1 Å². The fourth-order valence-electron chi connectivity index (χ4n) is 1.94. The Labute approximate surface area is 91.0 Å².